The number of hydrogen-bond acceptors (Lipinski definition) is 8. The Morgan fingerprint density at radius 1 is 1.35 bits per heavy atom. The summed E-state index contributed by atoms with van der Waals surface area (Å²) in [7, 11) is 1.85. The number of carbonyl (C=O) groups is 1. The molecule has 1 amide bonds. The average Bonchev–Trinajstić information content (AvgIpc) is 3.30. The van der Waals surface area contributed by atoms with Gasteiger partial charge in [0.2, 0.25) is 11.0 Å². The van der Waals surface area contributed by atoms with E-state index in [9.17, 15) is 9.18 Å². The molecule has 2 aromatic heterocycles. The van der Waals surface area contributed by atoms with Gasteiger partial charge in [-0.05, 0) is 30.3 Å². The Morgan fingerprint density at radius 3 is 3.03 bits per heavy atom. The first-order valence-corrected chi connectivity index (χ1v) is 10.8. The maximum Gasteiger partial charge on any atom is 0.224 e. The van der Waals surface area contributed by atoms with Gasteiger partial charge in [0.05, 0.1) is 18.8 Å². The Hall–Kier alpha value is -3.11. The molecule has 1 aromatic carbocycles. The van der Waals surface area contributed by atoms with E-state index in [4.69, 9.17) is 4.74 Å². The van der Waals surface area contributed by atoms with Crippen molar-refractivity contribution < 1.29 is 13.9 Å². The molecule has 10 heteroatoms. The molecule has 0 radical (unpaired) electrons. The van der Waals surface area contributed by atoms with Crippen LogP contribution in [0, 0.1) is 5.82 Å². The molecule has 1 aliphatic rings. The van der Waals surface area contributed by atoms with Gasteiger partial charge in [0.1, 0.15) is 23.2 Å². The fourth-order valence-electron chi connectivity index (χ4n) is 3.36. The molecular formula is C21H23FN6O2S. The summed E-state index contributed by atoms with van der Waals surface area (Å²) in [6.45, 7) is 1.94. The molecule has 162 valence electrons. The van der Waals surface area contributed by atoms with Crippen molar-refractivity contribution in [2.45, 2.75) is 12.5 Å². The minimum Gasteiger partial charge on any atom is -0.374 e. The molecule has 1 atom stereocenters. The molecule has 0 unspecified atom stereocenters. The van der Waals surface area contributed by atoms with Crippen molar-refractivity contribution in [3.05, 3.63) is 59.5 Å². The topological polar surface area (TPSA) is 83.5 Å². The number of rotatable bonds is 7. The highest BCUT2D eigenvalue weighted by atomic mass is 32.1. The molecule has 1 N–H and O–H groups in total. The predicted octanol–water partition coefficient (Wildman–Crippen LogP) is 3.24. The minimum absolute atomic E-state index is 0.0414. The van der Waals surface area contributed by atoms with Gasteiger partial charge in [0, 0.05) is 32.2 Å². The summed E-state index contributed by atoms with van der Waals surface area (Å²) in [4.78, 5) is 21.1. The molecule has 4 rings (SSSR count). The van der Waals surface area contributed by atoms with E-state index >= 15 is 0 Å². The molecule has 3 heterocycles. The first-order chi connectivity index (χ1) is 15.1. The third-order valence-corrected chi connectivity index (χ3v) is 5.63. The number of hydrogen-bond donors (Lipinski definition) is 1. The summed E-state index contributed by atoms with van der Waals surface area (Å²) in [5, 5.41) is 11.5. The summed E-state index contributed by atoms with van der Waals surface area (Å²) in [6.07, 6.45) is 0.0426. The fourth-order valence-corrected chi connectivity index (χ4v) is 3.81. The number of benzene rings is 1. The SMILES string of the molecule is CN(CCC(=O)N1CCO[C@H](c2cccc(Nc3nncs3)n2)C1)c1cccc(F)c1. The molecular weight excluding hydrogens is 419 g/mol. The van der Waals surface area contributed by atoms with Crippen molar-refractivity contribution in [1.82, 2.24) is 20.1 Å². The normalized spacial score (nSPS) is 16.2. The monoisotopic (exact) mass is 442 g/mol. The highest BCUT2D eigenvalue weighted by Gasteiger charge is 2.26. The van der Waals surface area contributed by atoms with Crippen molar-refractivity contribution in [1.29, 1.82) is 0 Å². The van der Waals surface area contributed by atoms with Gasteiger partial charge in [-0.3, -0.25) is 4.79 Å². The number of amides is 1. The van der Waals surface area contributed by atoms with Gasteiger partial charge >= 0.3 is 0 Å². The van der Waals surface area contributed by atoms with Crippen LogP contribution in [0.3, 0.4) is 0 Å². The number of anilines is 3. The van der Waals surface area contributed by atoms with Crippen LogP contribution in [0.25, 0.3) is 0 Å². The lowest BCUT2D eigenvalue weighted by Crippen LogP contribution is -2.43. The lowest BCUT2D eigenvalue weighted by atomic mass is 10.1. The number of ether oxygens (including phenoxy) is 1. The number of morpholine rings is 1. The van der Waals surface area contributed by atoms with E-state index in [2.05, 4.69) is 20.5 Å². The summed E-state index contributed by atoms with van der Waals surface area (Å²) in [5.41, 5.74) is 3.14. The molecule has 1 fully saturated rings. The second-order valence-electron chi connectivity index (χ2n) is 7.17. The van der Waals surface area contributed by atoms with Crippen LogP contribution in [0.15, 0.2) is 48.0 Å². The van der Waals surface area contributed by atoms with Gasteiger partial charge < -0.3 is 19.9 Å². The fraction of sp³-hybridized carbons (Fsp3) is 0.333. The van der Waals surface area contributed by atoms with Crippen molar-refractivity contribution in [3.63, 3.8) is 0 Å². The highest BCUT2D eigenvalue weighted by molar-refractivity contribution is 7.13. The Labute approximate surface area is 183 Å². The van der Waals surface area contributed by atoms with E-state index in [0.29, 0.717) is 43.6 Å². The number of carbonyl (C=O) groups excluding carboxylic acids is 1. The Morgan fingerprint density at radius 2 is 2.23 bits per heavy atom. The standard InChI is InChI=1S/C21H23FN6O2S/c1-27(16-5-2-4-15(22)12-16)9-8-20(29)28-10-11-30-18(13-28)17-6-3-7-19(24-17)25-21-26-23-14-31-21/h2-7,12,14,18H,8-11,13H2,1H3,(H,24,25,26)/t18-/m0/s1. The van der Waals surface area contributed by atoms with E-state index in [1.54, 1.807) is 16.5 Å². The van der Waals surface area contributed by atoms with Crippen LogP contribution < -0.4 is 10.2 Å². The van der Waals surface area contributed by atoms with E-state index < -0.39 is 0 Å². The molecule has 8 nitrogen and oxygen atoms in total. The second kappa shape index (κ2) is 9.80. The van der Waals surface area contributed by atoms with Crippen LogP contribution in [0.2, 0.25) is 0 Å². The second-order valence-corrected chi connectivity index (χ2v) is 8.00. The number of nitrogens with one attached hydrogen (secondary N) is 1. The van der Waals surface area contributed by atoms with Gasteiger partial charge in [-0.1, -0.05) is 23.5 Å². The lowest BCUT2D eigenvalue weighted by molar-refractivity contribution is -0.138. The molecule has 31 heavy (non-hydrogen) atoms. The quantitative estimate of drug-likeness (QED) is 0.601. The van der Waals surface area contributed by atoms with E-state index in [0.717, 1.165) is 11.4 Å². The Bertz CT molecular complexity index is 1020. The maximum atomic E-state index is 13.4. The molecule has 0 aliphatic carbocycles. The van der Waals surface area contributed by atoms with Gasteiger partial charge in [-0.2, -0.15) is 0 Å². The van der Waals surface area contributed by atoms with Crippen molar-refractivity contribution in [2.24, 2.45) is 0 Å². The Balaban J connectivity index is 1.34. The summed E-state index contributed by atoms with van der Waals surface area (Å²) in [6, 6.07) is 12.0. The van der Waals surface area contributed by atoms with Crippen LogP contribution >= 0.6 is 11.3 Å². The number of halogens is 1. The smallest absolute Gasteiger partial charge is 0.224 e. The maximum absolute atomic E-state index is 13.4. The van der Waals surface area contributed by atoms with E-state index in [1.165, 1.54) is 23.5 Å². The third-order valence-electron chi connectivity index (χ3n) is 5.02. The first-order valence-electron chi connectivity index (χ1n) is 9.95. The number of nitrogens with zero attached hydrogens (tertiary/aromatic N) is 5. The van der Waals surface area contributed by atoms with Crippen LogP contribution in [-0.4, -0.2) is 59.3 Å². The van der Waals surface area contributed by atoms with Crippen LogP contribution in [0.1, 0.15) is 18.2 Å². The van der Waals surface area contributed by atoms with Gasteiger partial charge in [-0.25, -0.2) is 9.37 Å². The molecule has 3 aromatic rings. The predicted molar refractivity (Wildman–Crippen MR) is 117 cm³/mol. The van der Waals surface area contributed by atoms with Crippen molar-refractivity contribution >= 4 is 33.9 Å². The summed E-state index contributed by atoms with van der Waals surface area (Å²) >= 11 is 1.39. The zero-order valence-electron chi connectivity index (χ0n) is 17.1. The summed E-state index contributed by atoms with van der Waals surface area (Å²) in [5.74, 6) is 0.403. The molecule has 1 saturated heterocycles. The van der Waals surface area contributed by atoms with Crippen molar-refractivity contribution in [3.8, 4) is 0 Å². The summed E-state index contributed by atoms with van der Waals surface area (Å²) < 4.78 is 19.3. The van der Waals surface area contributed by atoms with Gasteiger partial charge in [0.15, 0.2) is 0 Å². The zero-order chi connectivity index (χ0) is 21.6. The van der Waals surface area contributed by atoms with E-state index in [1.807, 2.05) is 36.2 Å². The van der Waals surface area contributed by atoms with Crippen molar-refractivity contribution in [2.75, 3.05) is 43.5 Å². The van der Waals surface area contributed by atoms with Gasteiger partial charge in [0.25, 0.3) is 0 Å². The highest BCUT2D eigenvalue weighted by Crippen LogP contribution is 2.24. The van der Waals surface area contributed by atoms with Crippen LogP contribution in [0.5, 0.6) is 0 Å². The molecule has 0 saturated carbocycles. The third kappa shape index (κ3) is 5.53. The number of pyridine rings is 1. The van der Waals surface area contributed by atoms with Crippen LogP contribution in [0.4, 0.5) is 21.0 Å². The van der Waals surface area contributed by atoms with E-state index in [-0.39, 0.29) is 17.8 Å². The largest absolute Gasteiger partial charge is 0.374 e. The molecule has 0 bridgehead atoms. The zero-order valence-corrected chi connectivity index (χ0v) is 17.9. The first kappa shape index (κ1) is 21.1. The van der Waals surface area contributed by atoms with Gasteiger partial charge in [-0.15, -0.1) is 10.2 Å². The Kier molecular flexibility index (Phi) is 6.68. The molecule has 1 aliphatic heterocycles. The lowest BCUT2D eigenvalue weighted by Gasteiger charge is -2.33. The average molecular weight is 443 g/mol. The molecule has 0 spiro atoms. The van der Waals surface area contributed by atoms with Crippen LogP contribution in [-0.2, 0) is 9.53 Å². The number of aromatic nitrogens is 3. The minimum atomic E-state index is -0.296.